The average Bonchev–Trinajstić information content (AvgIpc) is 2.19. The summed E-state index contributed by atoms with van der Waals surface area (Å²) in [4.78, 5) is 14.3. The van der Waals surface area contributed by atoms with E-state index in [1.165, 1.54) is 0 Å². The van der Waals surface area contributed by atoms with Crippen LogP contribution in [0.2, 0.25) is 0 Å². The van der Waals surface area contributed by atoms with Crippen LogP contribution < -0.4 is 11.3 Å². The number of aromatic nitrogens is 1. The molecule has 0 bridgehead atoms. The van der Waals surface area contributed by atoms with Crippen LogP contribution in [0.1, 0.15) is 5.56 Å². The molecule has 0 unspecified atom stereocenters. The zero-order valence-electron chi connectivity index (χ0n) is 7.79. The summed E-state index contributed by atoms with van der Waals surface area (Å²) in [5.74, 6) is 0. The summed E-state index contributed by atoms with van der Waals surface area (Å²) in [6.07, 6.45) is 0.625. The maximum atomic E-state index is 11.5. The second-order valence-corrected chi connectivity index (χ2v) is 3.25. The molecule has 14 heavy (non-hydrogen) atoms. The minimum absolute atomic E-state index is 0.0332. The molecule has 3 nitrogen and oxygen atoms in total. The normalized spacial score (nSPS) is 10.6. The predicted molar refractivity (Wildman–Crippen MR) is 57.3 cm³/mol. The van der Waals surface area contributed by atoms with Gasteiger partial charge in [0.1, 0.15) is 0 Å². The first kappa shape index (κ1) is 8.97. The Labute approximate surface area is 81.6 Å². The molecule has 0 atom stereocenters. The van der Waals surface area contributed by atoms with Gasteiger partial charge in [-0.1, -0.05) is 18.2 Å². The van der Waals surface area contributed by atoms with E-state index in [4.69, 9.17) is 5.73 Å². The van der Waals surface area contributed by atoms with Crippen LogP contribution in [0, 0.1) is 0 Å². The molecule has 72 valence electrons. The SMILES string of the molecule is NCCc1cc2ccccc2[nH]c1=O. The highest BCUT2D eigenvalue weighted by molar-refractivity contribution is 5.78. The number of hydrogen-bond acceptors (Lipinski definition) is 2. The zero-order valence-corrected chi connectivity index (χ0v) is 7.79. The molecule has 3 N–H and O–H groups in total. The Morgan fingerprint density at radius 2 is 2.07 bits per heavy atom. The largest absolute Gasteiger partial charge is 0.330 e. The van der Waals surface area contributed by atoms with Gasteiger partial charge in [0.25, 0.3) is 5.56 Å². The minimum atomic E-state index is -0.0332. The number of pyridine rings is 1. The standard InChI is InChI=1S/C11H12N2O/c12-6-5-9-7-8-3-1-2-4-10(8)13-11(9)14/h1-4,7H,5-6,12H2,(H,13,14). The fourth-order valence-corrected chi connectivity index (χ4v) is 1.53. The predicted octanol–water partition coefficient (Wildman–Crippen LogP) is 1.03. The van der Waals surface area contributed by atoms with Crippen molar-refractivity contribution in [1.29, 1.82) is 0 Å². The van der Waals surface area contributed by atoms with Crippen LogP contribution in [0.5, 0.6) is 0 Å². The van der Waals surface area contributed by atoms with Gasteiger partial charge in [-0.05, 0) is 30.5 Å². The van der Waals surface area contributed by atoms with Gasteiger partial charge in [0.05, 0.1) is 0 Å². The van der Waals surface area contributed by atoms with Crippen LogP contribution in [0.4, 0.5) is 0 Å². The van der Waals surface area contributed by atoms with E-state index < -0.39 is 0 Å². The van der Waals surface area contributed by atoms with Crippen molar-refractivity contribution in [3.05, 3.63) is 46.2 Å². The van der Waals surface area contributed by atoms with Gasteiger partial charge < -0.3 is 10.7 Å². The van der Waals surface area contributed by atoms with Crippen molar-refractivity contribution in [3.63, 3.8) is 0 Å². The topological polar surface area (TPSA) is 58.9 Å². The maximum absolute atomic E-state index is 11.5. The van der Waals surface area contributed by atoms with Crippen molar-refractivity contribution in [3.8, 4) is 0 Å². The summed E-state index contributed by atoms with van der Waals surface area (Å²) >= 11 is 0. The van der Waals surface area contributed by atoms with E-state index in [1.54, 1.807) is 0 Å². The van der Waals surface area contributed by atoms with Gasteiger partial charge in [-0.2, -0.15) is 0 Å². The van der Waals surface area contributed by atoms with Crippen LogP contribution in [-0.4, -0.2) is 11.5 Å². The Morgan fingerprint density at radius 1 is 1.29 bits per heavy atom. The highest BCUT2D eigenvalue weighted by Gasteiger charge is 2.00. The first-order valence-corrected chi connectivity index (χ1v) is 4.62. The minimum Gasteiger partial charge on any atom is -0.330 e. The van der Waals surface area contributed by atoms with Crippen LogP contribution in [0.15, 0.2) is 35.1 Å². The molecule has 0 aliphatic heterocycles. The first-order chi connectivity index (χ1) is 6.81. The zero-order chi connectivity index (χ0) is 9.97. The number of H-pyrrole nitrogens is 1. The van der Waals surface area contributed by atoms with Crippen molar-refractivity contribution in [1.82, 2.24) is 4.98 Å². The highest BCUT2D eigenvalue weighted by atomic mass is 16.1. The van der Waals surface area contributed by atoms with E-state index in [2.05, 4.69) is 4.98 Å². The third-order valence-corrected chi connectivity index (χ3v) is 2.24. The summed E-state index contributed by atoms with van der Waals surface area (Å²) in [5.41, 5.74) is 7.02. The smallest absolute Gasteiger partial charge is 0.251 e. The summed E-state index contributed by atoms with van der Waals surface area (Å²) in [6, 6.07) is 9.63. The number of fused-ring (bicyclic) bond motifs is 1. The van der Waals surface area contributed by atoms with Crippen molar-refractivity contribution in [2.24, 2.45) is 5.73 Å². The third-order valence-electron chi connectivity index (χ3n) is 2.24. The van der Waals surface area contributed by atoms with Gasteiger partial charge in [0, 0.05) is 11.1 Å². The van der Waals surface area contributed by atoms with E-state index in [0.29, 0.717) is 13.0 Å². The molecule has 0 amide bonds. The van der Waals surface area contributed by atoms with Crippen molar-refractivity contribution in [2.75, 3.05) is 6.54 Å². The summed E-state index contributed by atoms with van der Waals surface area (Å²) in [6.45, 7) is 0.501. The summed E-state index contributed by atoms with van der Waals surface area (Å²) in [5, 5.41) is 1.05. The average molecular weight is 188 g/mol. The van der Waals surface area contributed by atoms with Gasteiger partial charge in [-0.25, -0.2) is 0 Å². The van der Waals surface area contributed by atoms with Gasteiger partial charge >= 0.3 is 0 Å². The molecule has 1 aromatic heterocycles. The molecule has 0 spiro atoms. The van der Waals surface area contributed by atoms with Crippen LogP contribution in [-0.2, 0) is 6.42 Å². The lowest BCUT2D eigenvalue weighted by Crippen LogP contribution is -2.16. The van der Waals surface area contributed by atoms with Crippen molar-refractivity contribution in [2.45, 2.75) is 6.42 Å². The molecule has 2 aromatic rings. The van der Waals surface area contributed by atoms with Crippen molar-refractivity contribution >= 4 is 10.9 Å². The van der Waals surface area contributed by atoms with E-state index >= 15 is 0 Å². The molecule has 0 saturated carbocycles. The van der Waals surface area contributed by atoms with Crippen LogP contribution >= 0.6 is 0 Å². The Hall–Kier alpha value is -1.61. The number of rotatable bonds is 2. The molecular formula is C11H12N2O. The lowest BCUT2D eigenvalue weighted by molar-refractivity contribution is 0.949. The number of hydrogen-bond donors (Lipinski definition) is 2. The van der Waals surface area contributed by atoms with Gasteiger partial charge in [-0.15, -0.1) is 0 Å². The molecular weight excluding hydrogens is 176 g/mol. The lowest BCUT2D eigenvalue weighted by atomic mass is 10.1. The molecule has 0 aliphatic carbocycles. The van der Waals surface area contributed by atoms with Crippen molar-refractivity contribution < 1.29 is 0 Å². The maximum Gasteiger partial charge on any atom is 0.251 e. The molecule has 0 saturated heterocycles. The van der Waals surface area contributed by atoms with Gasteiger partial charge in [-0.3, -0.25) is 4.79 Å². The van der Waals surface area contributed by atoms with Crippen LogP contribution in [0.25, 0.3) is 10.9 Å². The molecule has 0 fully saturated rings. The number of nitrogens with one attached hydrogen (secondary N) is 1. The Bertz CT molecular complexity index is 502. The number of benzene rings is 1. The Kier molecular flexibility index (Phi) is 2.33. The van der Waals surface area contributed by atoms with Crippen LogP contribution in [0.3, 0.4) is 0 Å². The fraction of sp³-hybridized carbons (Fsp3) is 0.182. The molecule has 2 rings (SSSR count). The Morgan fingerprint density at radius 3 is 2.86 bits per heavy atom. The summed E-state index contributed by atoms with van der Waals surface area (Å²) < 4.78 is 0. The summed E-state index contributed by atoms with van der Waals surface area (Å²) in [7, 11) is 0. The number of para-hydroxylation sites is 1. The second kappa shape index (κ2) is 3.64. The number of aromatic amines is 1. The molecule has 3 heteroatoms. The van der Waals surface area contributed by atoms with E-state index in [-0.39, 0.29) is 5.56 Å². The first-order valence-electron chi connectivity index (χ1n) is 4.62. The molecule has 1 aromatic carbocycles. The monoisotopic (exact) mass is 188 g/mol. The second-order valence-electron chi connectivity index (χ2n) is 3.25. The Balaban J connectivity index is 2.65. The number of nitrogens with two attached hydrogens (primary N) is 1. The van der Waals surface area contributed by atoms with E-state index in [1.807, 2.05) is 30.3 Å². The third kappa shape index (κ3) is 1.54. The molecule has 0 aliphatic rings. The lowest BCUT2D eigenvalue weighted by Gasteiger charge is -2.00. The fourth-order valence-electron chi connectivity index (χ4n) is 1.53. The van der Waals surface area contributed by atoms with E-state index in [9.17, 15) is 4.79 Å². The molecule has 1 heterocycles. The highest BCUT2D eigenvalue weighted by Crippen LogP contribution is 2.09. The van der Waals surface area contributed by atoms with E-state index in [0.717, 1.165) is 16.5 Å². The molecule has 0 radical (unpaired) electrons. The van der Waals surface area contributed by atoms with Gasteiger partial charge in [0.2, 0.25) is 0 Å². The quantitative estimate of drug-likeness (QED) is 0.739. The van der Waals surface area contributed by atoms with Gasteiger partial charge in [0.15, 0.2) is 0 Å².